The van der Waals surface area contributed by atoms with Crippen LogP contribution in [-0.2, 0) is 6.42 Å². The molecule has 0 saturated heterocycles. The summed E-state index contributed by atoms with van der Waals surface area (Å²) in [6.45, 7) is 10.9. The summed E-state index contributed by atoms with van der Waals surface area (Å²) in [6, 6.07) is 12.8. The predicted molar refractivity (Wildman–Crippen MR) is 141 cm³/mol. The van der Waals surface area contributed by atoms with Crippen molar-refractivity contribution in [2.24, 2.45) is 11.3 Å². The van der Waals surface area contributed by atoms with Crippen molar-refractivity contribution in [3.05, 3.63) is 89.5 Å². The summed E-state index contributed by atoms with van der Waals surface area (Å²) in [4.78, 5) is 12.9. The average Bonchev–Trinajstić information content (AvgIpc) is 3.34. The minimum absolute atomic E-state index is 0.0644. The highest BCUT2D eigenvalue weighted by Gasteiger charge is 2.43. The van der Waals surface area contributed by atoms with E-state index >= 15 is 0 Å². The number of aromatic nitrogens is 2. The first-order chi connectivity index (χ1) is 17.2. The number of hydrogen-bond donors (Lipinski definition) is 2. The first-order valence-corrected chi connectivity index (χ1v) is 12.8. The second-order valence-electron chi connectivity index (χ2n) is 10.3. The molecule has 0 radical (unpaired) electrons. The van der Waals surface area contributed by atoms with Crippen LogP contribution >= 0.6 is 0 Å². The van der Waals surface area contributed by atoms with Crippen LogP contribution in [0.3, 0.4) is 0 Å². The number of allylic oxidation sites excluding steroid dienone is 1. The Morgan fingerprint density at radius 1 is 1.25 bits per heavy atom. The largest absolute Gasteiger partial charge is 0.508 e. The summed E-state index contributed by atoms with van der Waals surface area (Å²) < 4.78 is 15.3. The van der Waals surface area contributed by atoms with Crippen LogP contribution < -0.4 is 5.32 Å². The lowest BCUT2D eigenvalue weighted by Gasteiger charge is -2.35. The number of benzene rings is 2. The molecule has 5 nitrogen and oxygen atoms in total. The average molecular weight is 490 g/mol. The fourth-order valence-electron chi connectivity index (χ4n) is 5.57. The number of phenolic OH excluding ortho intramolecular Hbond substituents is 1. The van der Waals surface area contributed by atoms with Gasteiger partial charge in [-0.25, -0.2) is 9.07 Å². The first-order valence-electron chi connectivity index (χ1n) is 12.8. The number of nitrogens with one attached hydrogen (secondary N) is 1. The summed E-state index contributed by atoms with van der Waals surface area (Å²) >= 11 is 0. The number of hydrogen-bond acceptors (Lipinski definition) is 3. The first kappa shape index (κ1) is 25.7. The summed E-state index contributed by atoms with van der Waals surface area (Å²) in [5, 5.41) is 17.4. The predicted octanol–water partition coefficient (Wildman–Crippen LogP) is 6.53. The smallest absolute Gasteiger partial charge is 0.251 e. The molecule has 0 aliphatic heterocycles. The maximum Gasteiger partial charge on any atom is 0.251 e. The topological polar surface area (TPSA) is 67.2 Å². The van der Waals surface area contributed by atoms with Crippen molar-refractivity contribution in [1.82, 2.24) is 15.1 Å². The van der Waals surface area contributed by atoms with Crippen molar-refractivity contribution >= 4 is 5.91 Å². The van der Waals surface area contributed by atoms with Crippen LogP contribution in [-0.4, -0.2) is 26.8 Å². The Morgan fingerprint density at radius 2 is 1.94 bits per heavy atom. The van der Waals surface area contributed by atoms with E-state index in [1.54, 1.807) is 24.3 Å². The molecule has 1 aliphatic carbocycles. The van der Waals surface area contributed by atoms with Gasteiger partial charge in [-0.15, -0.1) is 0 Å². The molecule has 1 aromatic heterocycles. The molecule has 2 N–H and O–H groups in total. The van der Waals surface area contributed by atoms with Crippen molar-refractivity contribution in [2.45, 2.75) is 65.3 Å². The molecule has 190 valence electrons. The van der Waals surface area contributed by atoms with Gasteiger partial charge in [-0.05, 0) is 104 Å². The van der Waals surface area contributed by atoms with E-state index in [1.807, 2.05) is 10.9 Å². The van der Waals surface area contributed by atoms with Crippen molar-refractivity contribution in [3.8, 4) is 11.4 Å². The normalized spacial score (nSPS) is 20.4. The lowest BCUT2D eigenvalue weighted by atomic mass is 9.70. The van der Waals surface area contributed by atoms with Gasteiger partial charge in [0.05, 0.1) is 11.9 Å². The van der Waals surface area contributed by atoms with Gasteiger partial charge in [-0.3, -0.25) is 4.79 Å². The van der Waals surface area contributed by atoms with Crippen LogP contribution in [0.1, 0.15) is 67.6 Å². The molecule has 4 rings (SSSR count). The molecule has 3 aromatic rings. The van der Waals surface area contributed by atoms with Crippen LogP contribution in [0.4, 0.5) is 4.39 Å². The standard InChI is InChI=1S/C30H36FN3O2/c1-5-6-26(33-29(36)22-8-15-28(35)16-9-22)17-24-10-7-20(2)30(24,4)18-23-19-32-34(21(23)3)27-13-11-25(31)12-14-27/h8-9,11-16,19,24,26,35H,2,5-7,10,17-18H2,1,3-4H3,(H,33,36)/t24-,26?,30+/m1/s1. The molecular weight excluding hydrogens is 453 g/mol. The fraction of sp³-hybridized carbons (Fsp3) is 0.400. The molecule has 36 heavy (non-hydrogen) atoms. The SMILES string of the molecule is C=C1CC[C@H](CC(CCC)NC(=O)c2ccc(O)cc2)[C@@]1(C)Cc1cnn(-c2ccc(F)cc2)c1C. The Hall–Kier alpha value is -3.41. The highest BCUT2D eigenvalue weighted by Crippen LogP contribution is 2.51. The van der Waals surface area contributed by atoms with E-state index in [4.69, 9.17) is 0 Å². The van der Waals surface area contributed by atoms with Crippen LogP contribution in [0.2, 0.25) is 0 Å². The third-order valence-electron chi connectivity index (χ3n) is 7.91. The van der Waals surface area contributed by atoms with Gasteiger partial charge in [0.2, 0.25) is 0 Å². The number of phenols is 1. The van der Waals surface area contributed by atoms with Gasteiger partial charge in [0.25, 0.3) is 5.91 Å². The van der Waals surface area contributed by atoms with Crippen LogP contribution in [0.5, 0.6) is 5.75 Å². The molecule has 1 saturated carbocycles. The Kier molecular flexibility index (Phi) is 7.62. The molecule has 1 amide bonds. The number of rotatable bonds is 9. The third kappa shape index (κ3) is 5.38. The number of halogens is 1. The molecule has 2 aromatic carbocycles. The molecule has 1 heterocycles. The summed E-state index contributed by atoms with van der Waals surface area (Å²) in [5.41, 5.74) is 4.75. The molecule has 1 aliphatic rings. The molecule has 0 spiro atoms. The number of amides is 1. The molecule has 3 atom stereocenters. The van der Waals surface area contributed by atoms with Crippen LogP contribution in [0, 0.1) is 24.1 Å². The maximum absolute atomic E-state index is 13.4. The molecule has 1 unspecified atom stereocenters. The highest BCUT2D eigenvalue weighted by molar-refractivity contribution is 5.94. The summed E-state index contributed by atoms with van der Waals surface area (Å²) in [5.74, 6) is 0.161. The van der Waals surface area contributed by atoms with Crippen molar-refractivity contribution in [3.63, 3.8) is 0 Å². The second kappa shape index (κ2) is 10.7. The molecule has 1 fully saturated rings. The molecular formula is C30H36FN3O2. The van der Waals surface area contributed by atoms with Gasteiger partial charge in [0.15, 0.2) is 0 Å². The van der Waals surface area contributed by atoms with Gasteiger partial charge >= 0.3 is 0 Å². The van der Waals surface area contributed by atoms with E-state index in [2.05, 4.69) is 37.8 Å². The Bertz CT molecular complexity index is 1220. The second-order valence-corrected chi connectivity index (χ2v) is 10.3. The number of carbonyl (C=O) groups excluding carboxylic acids is 1. The zero-order valence-electron chi connectivity index (χ0n) is 21.4. The number of aromatic hydroxyl groups is 1. The molecule has 6 heteroatoms. The van der Waals surface area contributed by atoms with Gasteiger partial charge in [-0.1, -0.05) is 32.4 Å². The zero-order valence-corrected chi connectivity index (χ0v) is 21.4. The van der Waals surface area contributed by atoms with E-state index in [0.717, 1.165) is 55.5 Å². The van der Waals surface area contributed by atoms with Crippen LogP contribution in [0.25, 0.3) is 5.69 Å². The van der Waals surface area contributed by atoms with E-state index in [1.165, 1.54) is 29.8 Å². The Labute approximate surface area is 213 Å². The van der Waals surface area contributed by atoms with Crippen molar-refractivity contribution in [2.75, 3.05) is 0 Å². The Morgan fingerprint density at radius 3 is 2.61 bits per heavy atom. The van der Waals surface area contributed by atoms with Crippen LogP contribution in [0.15, 0.2) is 66.9 Å². The monoisotopic (exact) mass is 489 g/mol. The lowest BCUT2D eigenvalue weighted by molar-refractivity contribution is 0.0921. The molecule has 0 bridgehead atoms. The van der Waals surface area contributed by atoms with Gasteiger partial charge in [-0.2, -0.15) is 5.10 Å². The summed E-state index contributed by atoms with van der Waals surface area (Å²) in [7, 11) is 0. The Balaban J connectivity index is 1.51. The lowest BCUT2D eigenvalue weighted by Crippen LogP contribution is -2.39. The van der Waals surface area contributed by atoms with E-state index in [9.17, 15) is 14.3 Å². The van der Waals surface area contributed by atoms with Crippen molar-refractivity contribution < 1.29 is 14.3 Å². The quantitative estimate of drug-likeness (QED) is 0.336. The van der Waals surface area contributed by atoms with Crippen molar-refractivity contribution in [1.29, 1.82) is 0 Å². The summed E-state index contributed by atoms with van der Waals surface area (Å²) in [6.07, 6.45) is 7.56. The van der Waals surface area contributed by atoms with Gasteiger partial charge < -0.3 is 10.4 Å². The van der Waals surface area contributed by atoms with Gasteiger partial charge in [0.1, 0.15) is 11.6 Å². The zero-order chi connectivity index (χ0) is 25.9. The van der Waals surface area contributed by atoms with E-state index in [0.29, 0.717) is 11.5 Å². The van der Waals surface area contributed by atoms with E-state index < -0.39 is 0 Å². The highest BCUT2D eigenvalue weighted by atomic mass is 19.1. The fourth-order valence-corrected chi connectivity index (χ4v) is 5.57. The third-order valence-corrected chi connectivity index (χ3v) is 7.91. The van der Waals surface area contributed by atoms with E-state index in [-0.39, 0.29) is 28.9 Å². The number of carbonyl (C=O) groups is 1. The minimum Gasteiger partial charge on any atom is -0.508 e. The minimum atomic E-state index is -0.263. The number of nitrogens with zero attached hydrogens (tertiary/aromatic N) is 2. The van der Waals surface area contributed by atoms with Gasteiger partial charge in [0, 0.05) is 17.3 Å². The maximum atomic E-state index is 13.4.